The Morgan fingerprint density at radius 1 is 1.11 bits per heavy atom. The molecule has 0 aliphatic carbocycles. The number of nitrogens with one attached hydrogen (secondary N) is 1. The van der Waals surface area contributed by atoms with Gasteiger partial charge >= 0.3 is 12.2 Å². The lowest BCUT2D eigenvalue weighted by atomic mass is 9.84. The van der Waals surface area contributed by atoms with Crippen molar-refractivity contribution in [3.63, 3.8) is 0 Å². The molecule has 3 aromatic rings. The third kappa shape index (κ3) is 5.95. The average Bonchev–Trinajstić information content (AvgIpc) is 3.33. The summed E-state index contributed by atoms with van der Waals surface area (Å²) in [7, 11) is 1.39. The van der Waals surface area contributed by atoms with Crippen LogP contribution in [0.3, 0.4) is 0 Å². The zero-order valence-electron chi connectivity index (χ0n) is 20.1. The van der Waals surface area contributed by atoms with E-state index in [2.05, 4.69) is 17.2 Å². The molecule has 0 bridgehead atoms. The maximum Gasteiger partial charge on any atom is 0.417 e. The molecular formula is C27H28F3N3O2S. The summed E-state index contributed by atoms with van der Waals surface area (Å²) >= 11 is 1.75. The summed E-state index contributed by atoms with van der Waals surface area (Å²) in [5, 5.41) is 2.95. The number of methoxy groups -OCH3 is 1. The molecule has 0 spiro atoms. The highest BCUT2D eigenvalue weighted by molar-refractivity contribution is 7.99. The molecule has 4 rings (SSSR count). The maximum absolute atomic E-state index is 13.5. The second-order valence-electron chi connectivity index (χ2n) is 8.58. The number of benzene rings is 2. The molecule has 1 N–H and O–H groups in total. The van der Waals surface area contributed by atoms with Gasteiger partial charge in [0.1, 0.15) is 0 Å². The lowest BCUT2D eigenvalue weighted by molar-refractivity contribution is -0.137. The Bertz CT molecular complexity index is 1170. The summed E-state index contributed by atoms with van der Waals surface area (Å²) in [6, 6.07) is 18.4. The SMILES string of the molecule is CCSc1ccc(CNC(=O)N2CC(c3ccccc3)C(c3cc(C(F)(F)F)cnc3OC)C2)cc1. The van der Waals surface area contributed by atoms with Gasteiger partial charge in [-0.3, -0.25) is 0 Å². The van der Waals surface area contributed by atoms with E-state index in [1.165, 1.54) is 12.0 Å². The normalized spacial score (nSPS) is 17.8. The van der Waals surface area contributed by atoms with Gasteiger partial charge < -0.3 is 15.0 Å². The van der Waals surface area contributed by atoms with E-state index >= 15 is 0 Å². The molecular weight excluding hydrogens is 487 g/mol. The lowest BCUT2D eigenvalue weighted by Crippen LogP contribution is -2.38. The molecule has 2 aromatic carbocycles. The molecule has 2 atom stereocenters. The number of aromatic nitrogens is 1. The molecule has 0 radical (unpaired) electrons. The number of hydrogen-bond donors (Lipinski definition) is 1. The zero-order chi connectivity index (χ0) is 25.7. The fourth-order valence-electron chi connectivity index (χ4n) is 4.54. The van der Waals surface area contributed by atoms with Crippen molar-refractivity contribution in [1.82, 2.24) is 15.2 Å². The first-order valence-corrected chi connectivity index (χ1v) is 12.7. The minimum atomic E-state index is -4.53. The first-order valence-electron chi connectivity index (χ1n) is 11.7. The van der Waals surface area contributed by atoms with E-state index < -0.39 is 17.7 Å². The van der Waals surface area contributed by atoms with Crippen LogP contribution < -0.4 is 10.1 Å². The van der Waals surface area contributed by atoms with Crippen LogP contribution in [0.15, 0.2) is 71.8 Å². The van der Waals surface area contributed by atoms with Gasteiger partial charge in [-0.1, -0.05) is 49.4 Å². The number of ether oxygens (including phenoxy) is 1. The van der Waals surface area contributed by atoms with E-state index in [0.717, 1.165) is 29.1 Å². The van der Waals surface area contributed by atoms with Crippen molar-refractivity contribution in [2.75, 3.05) is 26.0 Å². The first kappa shape index (κ1) is 25.9. The summed E-state index contributed by atoms with van der Waals surface area (Å²) in [5.41, 5.74) is 1.43. The number of thioether (sulfide) groups is 1. The predicted octanol–water partition coefficient (Wildman–Crippen LogP) is 6.31. The number of urea groups is 1. The minimum absolute atomic E-state index is 0.140. The van der Waals surface area contributed by atoms with Gasteiger partial charge in [0.05, 0.1) is 12.7 Å². The molecule has 0 saturated carbocycles. The van der Waals surface area contributed by atoms with E-state index in [1.54, 1.807) is 16.7 Å². The van der Waals surface area contributed by atoms with E-state index in [9.17, 15) is 18.0 Å². The minimum Gasteiger partial charge on any atom is -0.481 e. The lowest BCUT2D eigenvalue weighted by Gasteiger charge is -2.21. The summed E-state index contributed by atoms with van der Waals surface area (Å²) in [4.78, 5) is 19.9. The largest absolute Gasteiger partial charge is 0.481 e. The van der Waals surface area contributed by atoms with Crippen molar-refractivity contribution in [3.8, 4) is 5.88 Å². The van der Waals surface area contributed by atoms with Crippen LogP contribution in [-0.2, 0) is 12.7 Å². The van der Waals surface area contributed by atoms with E-state index in [0.29, 0.717) is 18.7 Å². The maximum atomic E-state index is 13.5. The topological polar surface area (TPSA) is 54.5 Å². The van der Waals surface area contributed by atoms with Crippen LogP contribution in [0.5, 0.6) is 5.88 Å². The number of pyridine rings is 1. The summed E-state index contributed by atoms with van der Waals surface area (Å²) < 4.78 is 45.8. The molecule has 9 heteroatoms. The van der Waals surface area contributed by atoms with Crippen LogP contribution in [0.1, 0.15) is 41.0 Å². The van der Waals surface area contributed by atoms with Crippen LogP contribution in [0.2, 0.25) is 0 Å². The fourth-order valence-corrected chi connectivity index (χ4v) is 5.20. The van der Waals surface area contributed by atoms with Gasteiger partial charge in [-0.05, 0) is 35.1 Å². The molecule has 2 heterocycles. The van der Waals surface area contributed by atoms with Gasteiger partial charge in [0.2, 0.25) is 5.88 Å². The predicted molar refractivity (Wildman–Crippen MR) is 134 cm³/mol. The van der Waals surface area contributed by atoms with Gasteiger partial charge in [-0.15, -0.1) is 11.8 Å². The highest BCUT2D eigenvalue weighted by atomic mass is 32.2. The number of likely N-dealkylation sites (tertiary alicyclic amines) is 1. The van der Waals surface area contributed by atoms with E-state index in [1.807, 2.05) is 54.6 Å². The third-order valence-corrected chi connectivity index (χ3v) is 7.21. The molecule has 1 aliphatic rings. The quantitative estimate of drug-likeness (QED) is 0.375. The molecule has 5 nitrogen and oxygen atoms in total. The Balaban J connectivity index is 1.57. The number of carbonyl (C=O) groups is 1. The number of nitrogens with zero attached hydrogens (tertiary/aromatic N) is 2. The van der Waals surface area contributed by atoms with Gasteiger partial charge in [-0.2, -0.15) is 13.2 Å². The number of rotatable bonds is 7. The number of hydrogen-bond acceptors (Lipinski definition) is 4. The molecule has 1 aliphatic heterocycles. The van der Waals surface area contributed by atoms with Crippen molar-refractivity contribution in [3.05, 3.63) is 89.1 Å². The monoisotopic (exact) mass is 515 g/mol. The van der Waals surface area contributed by atoms with Gasteiger partial charge in [-0.25, -0.2) is 9.78 Å². The van der Waals surface area contributed by atoms with Crippen molar-refractivity contribution in [1.29, 1.82) is 0 Å². The number of amides is 2. The van der Waals surface area contributed by atoms with Gasteiger partial charge in [0.15, 0.2) is 0 Å². The van der Waals surface area contributed by atoms with Crippen LogP contribution in [0.25, 0.3) is 0 Å². The standard InChI is InChI=1S/C27H28F3N3O2S/c1-3-36-21-11-9-18(10-12-21)14-32-26(34)33-16-23(19-7-5-4-6-8-19)24(17-33)22-13-20(27(28,29)30)15-31-25(22)35-2/h4-13,15,23-24H,3,14,16-17H2,1-2H3,(H,32,34). The van der Waals surface area contributed by atoms with Gasteiger partial charge in [0, 0.05) is 48.1 Å². The Hall–Kier alpha value is -3.20. The van der Waals surface area contributed by atoms with Crippen LogP contribution in [-0.4, -0.2) is 41.9 Å². The number of halogens is 3. The molecule has 36 heavy (non-hydrogen) atoms. The molecule has 1 fully saturated rings. The van der Waals surface area contributed by atoms with E-state index in [-0.39, 0.29) is 24.4 Å². The fraction of sp³-hybridized carbons (Fsp3) is 0.333. The highest BCUT2D eigenvalue weighted by Crippen LogP contribution is 2.44. The summed E-state index contributed by atoms with van der Waals surface area (Å²) in [5.74, 6) is 0.511. The molecule has 1 saturated heterocycles. The smallest absolute Gasteiger partial charge is 0.417 e. The summed E-state index contributed by atoms with van der Waals surface area (Å²) in [6.07, 6.45) is -3.75. The van der Waals surface area contributed by atoms with Crippen molar-refractivity contribution in [2.45, 2.75) is 36.4 Å². The Kier molecular flexibility index (Phi) is 8.08. The molecule has 2 unspecified atom stereocenters. The van der Waals surface area contributed by atoms with Crippen LogP contribution in [0.4, 0.5) is 18.0 Å². The number of alkyl halides is 3. The summed E-state index contributed by atoms with van der Waals surface area (Å²) in [6.45, 7) is 3.07. The van der Waals surface area contributed by atoms with Crippen molar-refractivity contribution >= 4 is 17.8 Å². The third-order valence-electron chi connectivity index (χ3n) is 6.31. The zero-order valence-corrected chi connectivity index (χ0v) is 20.9. The average molecular weight is 516 g/mol. The van der Waals surface area contributed by atoms with E-state index in [4.69, 9.17) is 4.74 Å². The second kappa shape index (κ2) is 11.2. The highest BCUT2D eigenvalue weighted by Gasteiger charge is 2.40. The molecule has 190 valence electrons. The Labute approximate surface area is 213 Å². The number of carbonyl (C=O) groups excluding carboxylic acids is 1. The van der Waals surface area contributed by atoms with Crippen LogP contribution in [0, 0.1) is 0 Å². The Morgan fingerprint density at radius 3 is 2.44 bits per heavy atom. The molecule has 1 aromatic heterocycles. The Morgan fingerprint density at radius 2 is 1.81 bits per heavy atom. The molecule has 2 amide bonds. The first-order chi connectivity index (χ1) is 17.3. The van der Waals surface area contributed by atoms with Crippen molar-refractivity contribution < 1.29 is 22.7 Å². The van der Waals surface area contributed by atoms with Crippen molar-refractivity contribution in [2.24, 2.45) is 0 Å². The second-order valence-corrected chi connectivity index (χ2v) is 9.92. The van der Waals surface area contributed by atoms with Crippen LogP contribution >= 0.6 is 11.8 Å². The van der Waals surface area contributed by atoms with Gasteiger partial charge in [0.25, 0.3) is 0 Å².